The Morgan fingerprint density at radius 3 is 2.88 bits per heavy atom. The van der Waals surface area contributed by atoms with Gasteiger partial charge in [0.25, 0.3) is 0 Å². The molecule has 0 radical (unpaired) electrons. The summed E-state index contributed by atoms with van der Waals surface area (Å²) in [7, 11) is 0. The summed E-state index contributed by atoms with van der Waals surface area (Å²) in [5.74, 6) is 0.106. The van der Waals surface area contributed by atoms with Gasteiger partial charge in [-0.1, -0.05) is 0 Å². The van der Waals surface area contributed by atoms with E-state index in [9.17, 15) is 4.39 Å². The molecule has 1 aromatic carbocycles. The molecule has 6 heteroatoms. The Morgan fingerprint density at radius 2 is 2.18 bits per heavy atom. The summed E-state index contributed by atoms with van der Waals surface area (Å²) in [5.41, 5.74) is 6.53. The molecule has 0 bridgehead atoms. The smallest absolute Gasteiger partial charge is 0.185 e. The van der Waals surface area contributed by atoms with Gasteiger partial charge in [0.2, 0.25) is 0 Å². The highest BCUT2D eigenvalue weighted by atomic mass is 19.1. The summed E-state index contributed by atoms with van der Waals surface area (Å²) in [6.07, 6.45) is 3.26. The molecule has 3 rings (SSSR count). The predicted molar refractivity (Wildman–Crippen MR) is 60.5 cm³/mol. The van der Waals surface area contributed by atoms with E-state index in [2.05, 4.69) is 15.5 Å². The van der Waals surface area contributed by atoms with Gasteiger partial charge in [0.15, 0.2) is 5.82 Å². The fourth-order valence-electron chi connectivity index (χ4n) is 1.96. The lowest BCUT2D eigenvalue weighted by atomic mass is 9.93. The number of nitrogens with zero attached hydrogens (tertiary/aromatic N) is 4. The normalized spacial score (nSPS) is 15.8. The van der Waals surface area contributed by atoms with E-state index in [1.165, 1.54) is 18.6 Å². The first-order valence-electron chi connectivity index (χ1n) is 5.59. The average Bonchev–Trinajstić information content (AvgIpc) is 2.68. The minimum atomic E-state index is -0.352. The van der Waals surface area contributed by atoms with Crippen LogP contribution in [0.5, 0.6) is 0 Å². The van der Waals surface area contributed by atoms with Crippen molar-refractivity contribution < 1.29 is 4.39 Å². The molecule has 1 saturated carbocycles. The molecule has 1 heterocycles. The van der Waals surface area contributed by atoms with E-state index in [1.54, 1.807) is 10.7 Å². The molecule has 5 nitrogen and oxygen atoms in total. The van der Waals surface area contributed by atoms with Gasteiger partial charge in [-0.05, 0) is 47.9 Å². The van der Waals surface area contributed by atoms with Gasteiger partial charge < -0.3 is 5.73 Å². The molecule has 0 amide bonds. The Bertz CT molecular complexity index is 547. The van der Waals surface area contributed by atoms with Crippen molar-refractivity contribution in [2.45, 2.75) is 25.3 Å². The van der Waals surface area contributed by atoms with Crippen LogP contribution in [-0.4, -0.2) is 20.2 Å². The number of anilines is 1. The molecular weight excluding hydrogens is 221 g/mol. The van der Waals surface area contributed by atoms with E-state index in [-0.39, 0.29) is 5.82 Å². The number of benzene rings is 1. The maximum atomic E-state index is 13.7. The van der Waals surface area contributed by atoms with E-state index in [4.69, 9.17) is 5.73 Å². The molecule has 2 aromatic rings. The Hall–Kier alpha value is -1.98. The van der Waals surface area contributed by atoms with Crippen LogP contribution in [0.1, 0.15) is 25.3 Å². The second-order valence-corrected chi connectivity index (χ2v) is 4.27. The third kappa shape index (κ3) is 1.65. The Labute approximate surface area is 97.4 Å². The summed E-state index contributed by atoms with van der Waals surface area (Å²) in [6.45, 7) is 0. The van der Waals surface area contributed by atoms with Gasteiger partial charge in [-0.3, -0.25) is 0 Å². The van der Waals surface area contributed by atoms with Crippen molar-refractivity contribution in [3.8, 4) is 11.4 Å². The lowest BCUT2D eigenvalue weighted by Crippen LogP contribution is -2.19. The lowest BCUT2D eigenvalue weighted by Gasteiger charge is -2.25. The highest BCUT2D eigenvalue weighted by Crippen LogP contribution is 2.34. The first kappa shape index (κ1) is 10.2. The molecular formula is C11H12FN5. The topological polar surface area (TPSA) is 69.6 Å². The van der Waals surface area contributed by atoms with Crippen molar-refractivity contribution in [1.29, 1.82) is 0 Å². The van der Waals surface area contributed by atoms with Crippen molar-refractivity contribution in [3.63, 3.8) is 0 Å². The molecule has 0 spiro atoms. The Balaban J connectivity index is 2.08. The third-order valence-electron chi connectivity index (χ3n) is 3.14. The van der Waals surface area contributed by atoms with Gasteiger partial charge in [0.1, 0.15) is 5.82 Å². The van der Waals surface area contributed by atoms with E-state index in [0.717, 1.165) is 12.8 Å². The zero-order valence-corrected chi connectivity index (χ0v) is 9.17. The van der Waals surface area contributed by atoms with Crippen LogP contribution >= 0.6 is 0 Å². The fraction of sp³-hybridized carbons (Fsp3) is 0.364. The largest absolute Gasteiger partial charge is 0.399 e. The number of hydrogen-bond acceptors (Lipinski definition) is 4. The van der Waals surface area contributed by atoms with Gasteiger partial charge in [0, 0.05) is 5.69 Å². The molecule has 88 valence electrons. The second-order valence-electron chi connectivity index (χ2n) is 4.27. The number of hydrogen-bond donors (Lipinski definition) is 1. The van der Waals surface area contributed by atoms with E-state index >= 15 is 0 Å². The van der Waals surface area contributed by atoms with Gasteiger partial charge in [-0.25, -0.2) is 9.07 Å². The van der Waals surface area contributed by atoms with E-state index in [0.29, 0.717) is 23.1 Å². The van der Waals surface area contributed by atoms with Gasteiger partial charge in [-0.2, -0.15) is 0 Å². The quantitative estimate of drug-likeness (QED) is 0.803. The highest BCUT2D eigenvalue weighted by molar-refractivity contribution is 5.61. The molecule has 17 heavy (non-hydrogen) atoms. The van der Waals surface area contributed by atoms with Gasteiger partial charge in [-0.15, -0.1) is 5.10 Å². The number of halogens is 1. The van der Waals surface area contributed by atoms with Crippen molar-refractivity contribution >= 4 is 5.69 Å². The third-order valence-corrected chi connectivity index (χ3v) is 3.14. The molecule has 0 atom stereocenters. The van der Waals surface area contributed by atoms with Crippen molar-refractivity contribution in [1.82, 2.24) is 20.2 Å². The predicted octanol–water partition coefficient (Wildman–Crippen LogP) is 1.79. The molecule has 0 saturated heterocycles. The maximum absolute atomic E-state index is 13.7. The fourth-order valence-corrected chi connectivity index (χ4v) is 1.96. The molecule has 0 unspecified atom stereocenters. The van der Waals surface area contributed by atoms with Crippen LogP contribution in [0.25, 0.3) is 11.4 Å². The summed E-state index contributed by atoms with van der Waals surface area (Å²) < 4.78 is 15.4. The lowest BCUT2D eigenvalue weighted by molar-refractivity contribution is 0.287. The SMILES string of the molecule is Nc1ccc(F)c(-c2nnnn2C2CCC2)c1. The molecule has 1 aliphatic rings. The van der Waals surface area contributed by atoms with Crippen LogP contribution in [0, 0.1) is 5.82 Å². The maximum Gasteiger partial charge on any atom is 0.185 e. The van der Waals surface area contributed by atoms with E-state index in [1.807, 2.05) is 0 Å². The number of aromatic nitrogens is 4. The minimum Gasteiger partial charge on any atom is -0.399 e. The molecule has 1 aliphatic carbocycles. The number of nitrogens with two attached hydrogens (primary N) is 1. The number of rotatable bonds is 2. The summed E-state index contributed by atoms with van der Waals surface area (Å²) in [6, 6.07) is 4.72. The van der Waals surface area contributed by atoms with Crippen molar-refractivity contribution in [3.05, 3.63) is 24.0 Å². The monoisotopic (exact) mass is 233 g/mol. The zero-order valence-electron chi connectivity index (χ0n) is 9.17. The van der Waals surface area contributed by atoms with Crippen LogP contribution in [0.2, 0.25) is 0 Å². The summed E-state index contributed by atoms with van der Waals surface area (Å²) in [4.78, 5) is 0. The van der Waals surface area contributed by atoms with Crippen LogP contribution in [0.3, 0.4) is 0 Å². The second kappa shape index (κ2) is 3.80. The van der Waals surface area contributed by atoms with Crippen LogP contribution in [-0.2, 0) is 0 Å². The summed E-state index contributed by atoms with van der Waals surface area (Å²) >= 11 is 0. The van der Waals surface area contributed by atoms with Crippen LogP contribution < -0.4 is 5.73 Å². The first-order chi connectivity index (χ1) is 8.25. The van der Waals surface area contributed by atoms with Crippen molar-refractivity contribution in [2.75, 3.05) is 5.73 Å². The molecule has 1 fully saturated rings. The van der Waals surface area contributed by atoms with Crippen molar-refractivity contribution in [2.24, 2.45) is 0 Å². The van der Waals surface area contributed by atoms with Crippen LogP contribution in [0.15, 0.2) is 18.2 Å². The number of nitrogen functional groups attached to an aromatic ring is 1. The standard InChI is InChI=1S/C11H12FN5/c12-10-5-4-7(13)6-9(10)11-14-15-16-17(11)8-2-1-3-8/h4-6,8H,1-3,13H2. The highest BCUT2D eigenvalue weighted by Gasteiger charge is 2.25. The molecule has 1 aromatic heterocycles. The first-order valence-corrected chi connectivity index (χ1v) is 5.59. The van der Waals surface area contributed by atoms with Gasteiger partial charge in [0.05, 0.1) is 11.6 Å². The molecule has 0 aliphatic heterocycles. The number of tetrazole rings is 1. The zero-order chi connectivity index (χ0) is 11.8. The average molecular weight is 233 g/mol. The Kier molecular flexibility index (Phi) is 2.28. The van der Waals surface area contributed by atoms with Gasteiger partial charge >= 0.3 is 0 Å². The summed E-state index contributed by atoms with van der Waals surface area (Å²) in [5, 5.41) is 11.5. The minimum absolute atomic E-state index is 0.292. The Morgan fingerprint density at radius 1 is 1.35 bits per heavy atom. The van der Waals surface area contributed by atoms with Crippen LogP contribution in [0.4, 0.5) is 10.1 Å². The molecule has 2 N–H and O–H groups in total. The van der Waals surface area contributed by atoms with E-state index < -0.39 is 0 Å².